The number of imide groups is 1. The van der Waals surface area contributed by atoms with Crippen LogP contribution in [0.2, 0.25) is 0 Å². The molecule has 1 unspecified atom stereocenters. The summed E-state index contributed by atoms with van der Waals surface area (Å²) in [7, 11) is 0. The molecule has 3 aliphatic rings. The molecule has 14 heteroatoms. The zero-order valence-corrected chi connectivity index (χ0v) is 31.5. The molecule has 0 spiro atoms. The van der Waals surface area contributed by atoms with Crippen LogP contribution in [0.4, 0.5) is 10.1 Å². The minimum atomic E-state index is -0.505. The number of nitrogens with one attached hydrogen (secondary N) is 2. The third-order valence-electron chi connectivity index (χ3n) is 11.8. The van der Waals surface area contributed by atoms with Crippen molar-refractivity contribution >= 4 is 50.8 Å². The summed E-state index contributed by atoms with van der Waals surface area (Å²) < 4.78 is 19.6. The Balaban J connectivity index is 0.927. The van der Waals surface area contributed by atoms with Gasteiger partial charge in [0.1, 0.15) is 11.6 Å². The van der Waals surface area contributed by atoms with Crippen LogP contribution in [0, 0.1) is 19.7 Å². The van der Waals surface area contributed by atoms with Gasteiger partial charge in [0.2, 0.25) is 11.8 Å². The van der Waals surface area contributed by atoms with Crippen molar-refractivity contribution in [1.29, 1.82) is 0 Å². The van der Waals surface area contributed by atoms with Gasteiger partial charge in [-0.15, -0.1) is 5.10 Å². The first-order valence-electron chi connectivity index (χ1n) is 19.4. The first-order valence-corrected chi connectivity index (χ1v) is 19.4. The van der Waals surface area contributed by atoms with Crippen molar-refractivity contribution in [3.05, 3.63) is 95.3 Å². The third-order valence-corrected chi connectivity index (χ3v) is 11.8. The highest BCUT2D eigenvalue weighted by molar-refractivity contribution is 6.01. The number of hydrogen-bond acceptors (Lipinski definition) is 8. The van der Waals surface area contributed by atoms with Crippen LogP contribution in [-0.2, 0) is 20.9 Å². The molecule has 0 aliphatic carbocycles. The van der Waals surface area contributed by atoms with Crippen LogP contribution in [0.5, 0.6) is 0 Å². The van der Waals surface area contributed by atoms with Crippen molar-refractivity contribution in [3.8, 4) is 11.1 Å². The average molecular weight is 755 g/mol. The van der Waals surface area contributed by atoms with E-state index in [9.17, 15) is 14.4 Å². The molecule has 3 aliphatic heterocycles. The summed E-state index contributed by atoms with van der Waals surface area (Å²) in [6.45, 7) is 7.21. The molecule has 56 heavy (non-hydrogen) atoms. The molecule has 286 valence electrons. The smallest absolute Gasteiger partial charge is 0.251 e. The standard InChI is InChI=1S/C42H43FN10O3/c1-25-21-28(27-12-17-50(18-13-27)34-6-3-7-35-39(34)26(2)48-53(35)36-10-11-37(54)46-42(36)56)8-9-30(25)32-22-31(40(43)41-33(32)23-45-47-41)29-5-4-16-51(24-29)38(55)14-19-52-20-15-44-49-52/h3,5-9,15,20-23,27,36H,4,10-14,16-19,24H2,1-2H3,(H,45,47)(H,46,54,56). The zero-order chi connectivity index (χ0) is 38.5. The number of anilines is 1. The highest BCUT2D eigenvalue weighted by atomic mass is 19.1. The van der Waals surface area contributed by atoms with Crippen LogP contribution in [0.3, 0.4) is 0 Å². The van der Waals surface area contributed by atoms with E-state index >= 15 is 4.39 Å². The Hall–Kier alpha value is -6.18. The van der Waals surface area contributed by atoms with Crippen molar-refractivity contribution in [2.45, 2.75) is 70.9 Å². The lowest BCUT2D eigenvalue weighted by Gasteiger charge is -2.34. The van der Waals surface area contributed by atoms with Crippen LogP contribution in [0.25, 0.3) is 38.5 Å². The maximum absolute atomic E-state index is 16.2. The molecule has 6 heterocycles. The summed E-state index contributed by atoms with van der Waals surface area (Å²) in [5.41, 5.74) is 8.83. The summed E-state index contributed by atoms with van der Waals surface area (Å²) in [6, 6.07) is 14.2. The number of halogens is 1. The highest BCUT2D eigenvalue weighted by Gasteiger charge is 2.32. The van der Waals surface area contributed by atoms with Gasteiger partial charge in [0.05, 0.1) is 30.1 Å². The quantitative estimate of drug-likeness (QED) is 0.180. The number of piperidine rings is 2. The number of aromatic amines is 1. The van der Waals surface area contributed by atoms with Gasteiger partial charge in [0.25, 0.3) is 5.91 Å². The van der Waals surface area contributed by atoms with E-state index < -0.39 is 6.04 Å². The van der Waals surface area contributed by atoms with E-state index in [1.54, 1.807) is 32.9 Å². The van der Waals surface area contributed by atoms with Gasteiger partial charge >= 0.3 is 0 Å². The molecule has 3 aromatic heterocycles. The second kappa shape index (κ2) is 14.5. The SMILES string of the molecule is Cc1cc(C2CCN(c3cccc4c3c(C)nn4C3CCC(=O)NC3=O)CC2)ccc1-c1cc(C2=CCCN(C(=O)CCn3ccnn3)C2)c(F)c2[nH]ncc12. The van der Waals surface area contributed by atoms with Crippen molar-refractivity contribution in [2.75, 3.05) is 31.1 Å². The maximum atomic E-state index is 16.2. The van der Waals surface area contributed by atoms with E-state index in [-0.39, 0.29) is 23.5 Å². The number of H-pyrrole nitrogens is 1. The predicted octanol–water partition coefficient (Wildman–Crippen LogP) is 5.99. The summed E-state index contributed by atoms with van der Waals surface area (Å²) in [4.78, 5) is 41.9. The Morgan fingerprint density at radius 1 is 1.00 bits per heavy atom. The fourth-order valence-electron chi connectivity index (χ4n) is 8.88. The van der Waals surface area contributed by atoms with Crippen molar-refractivity contribution < 1.29 is 18.8 Å². The van der Waals surface area contributed by atoms with E-state index in [0.29, 0.717) is 62.3 Å². The molecule has 1 atom stereocenters. The number of benzene rings is 3. The summed E-state index contributed by atoms with van der Waals surface area (Å²) in [5.74, 6) is -0.521. The first kappa shape index (κ1) is 35.5. The molecule has 0 bridgehead atoms. The van der Waals surface area contributed by atoms with Gasteiger partial charge in [-0.1, -0.05) is 35.6 Å². The second-order valence-corrected chi connectivity index (χ2v) is 15.2. The van der Waals surface area contributed by atoms with Gasteiger partial charge in [-0.3, -0.25) is 34.2 Å². The lowest BCUT2D eigenvalue weighted by molar-refractivity contribution is -0.136. The molecular weight excluding hydrogens is 712 g/mol. The normalized spacial score (nSPS) is 18.2. The molecule has 2 N–H and O–H groups in total. The van der Waals surface area contributed by atoms with Gasteiger partial charge in [-0.05, 0) is 91.5 Å². The van der Waals surface area contributed by atoms with Crippen LogP contribution >= 0.6 is 0 Å². The Bertz CT molecular complexity index is 2530. The van der Waals surface area contributed by atoms with Crippen molar-refractivity contribution in [1.82, 2.24) is 45.2 Å². The van der Waals surface area contributed by atoms with Crippen LogP contribution in [0.15, 0.2) is 67.1 Å². The van der Waals surface area contributed by atoms with Gasteiger partial charge in [-0.25, -0.2) is 4.39 Å². The van der Waals surface area contributed by atoms with E-state index in [1.807, 2.05) is 31.2 Å². The number of aryl methyl sites for hydroxylation is 3. The van der Waals surface area contributed by atoms with Crippen molar-refractivity contribution in [3.63, 3.8) is 0 Å². The number of aromatic nitrogens is 7. The van der Waals surface area contributed by atoms with Gasteiger partial charge < -0.3 is 9.80 Å². The number of nitrogens with zero attached hydrogens (tertiary/aromatic N) is 8. The van der Waals surface area contributed by atoms with E-state index in [1.165, 1.54) is 5.56 Å². The number of carbonyl (C=O) groups is 3. The minimum absolute atomic E-state index is 0.000298. The number of fused-ring (bicyclic) bond motifs is 2. The Morgan fingerprint density at radius 3 is 2.64 bits per heavy atom. The molecule has 0 saturated carbocycles. The highest BCUT2D eigenvalue weighted by Crippen LogP contribution is 2.40. The first-order chi connectivity index (χ1) is 27.2. The molecule has 3 aromatic carbocycles. The van der Waals surface area contributed by atoms with Crippen LogP contribution < -0.4 is 10.2 Å². The average Bonchev–Trinajstić information content (AvgIpc) is 3.99. The second-order valence-electron chi connectivity index (χ2n) is 15.2. The largest absolute Gasteiger partial charge is 0.371 e. The topological polar surface area (TPSA) is 147 Å². The fraction of sp³-hybridized carbons (Fsp3) is 0.357. The van der Waals surface area contributed by atoms with E-state index in [2.05, 4.69) is 61.9 Å². The minimum Gasteiger partial charge on any atom is -0.371 e. The van der Waals surface area contributed by atoms with E-state index in [4.69, 9.17) is 5.10 Å². The molecule has 3 amide bonds. The number of rotatable bonds is 8. The fourth-order valence-corrected chi connectivity index (χ4v) is 8.88. The van der Waals surface area contributed by atoms with Crippen molar-refractivity contribution in [2.24, 2.45) is 0 Å². The van der Waals surface area contributed by atoms with Gasteiger partial charge in [0, 0.05) is 67.2 Å². The third kappa shape index (κ3) is 6.42. The molecule has 6 aromatic rings. The van der Waals surface area contributed by atoms with Gasteiger partial charge in [-0.2, -0.15) is 10.2 Å². The van der Waals surface area contributed by atoms with Gasteiger partial charge in [0.15, 0.2) is 5.82 Å². The molecule has 9 rings (SSSR count). The Labute approximate surface area is 322 Å². The zero-order valence-electron chi connectivity index (χ0n) is 31.5. The molecule has 2 fully saturated rings. The Morgan fingerprint density at radius 2 is 1.86 bits per heavy atom. The lowest BCUT2D eigenvalue weighted by atomic mass is 9.85. The van der Waals surface area contributed by atoms with E-state index in [0.717, 1.165) is 75.9 Å². The number of hydrogen-bond donors (Lipinski definition) is 2. The lowest BCUT2D eigenvalue weighted by Crippen LogP contribution is -2.42. The molecule has 2 saturated heterocycles. The number of amides is 3. The predicted molar refractivity (Wildman–Crippen MR) is 210 cm³/mol. The molecule has 13 nitrogen and oxygen atoms in total. The monoisotopic (exact) mass is 754 g/mol. The molecular formula is C42H43FN10O3. The number of carbonyl (C=O) groups excluding carboxylic acids is 3. The molecule has 0 radical (unpaired) electrons. The maximum Gasteiger partial charge on any atom is 0.251 e. The van der Waals surface area contributed by atoms with Crippen LogP contribution in [-0.4, -0.2) is 83.8 Å². The Kier molecular flexibility index (Phi) is 9.18. The summed E-state index contributed by atoms with van der Waals surface area (Å²) >= 11 is 0. The summed E-state index contributed by atoms with van der Waals surface area (Å²) in [6.07, 6.45) is 10.7. The summed E-state index contributed by atoms with van der Waals surface area (Å²) in [5, 5.41) is 23.9. The van der Waals surface area contributed by atoms with Crippen LogP contribution in [0.1, 0.15) is 72.9 Å².